The fourth-order valence-corrected chi connectivity index (χ4v) is 1.89. The Morgan fingerprint density at radius 3 is 2.41 bits per heavy atom. The Morgan fingerprint density at radius 2 is 1.71 bits per heavy atom. The van der Waals surface area contributed by atoms with Gasteiger partial charge in [-0.15, -0.1) is 0 Å². The standard InChI is InChI=1S/C15H18N2/c1-17(15-9-11-16-12-10-15)13-5-8-14-6-3-2-4-7-14/h2-4,6-7,9-12H,5,8,13H2,1H3. The van der Waals surface area contributed by atoms with Crippen LogP contribution in [0.1, 0.15) is 12.0 Å². The molecule has 1 aromatic carbocycles. The molecule has 0 radical (unpaired) electrons. The van der Waals surface area contributed by atoms with E-state index in [-0.39, 0.29) is 0 Å². The molecular weight excluding hydrogens is 208 g/mol. The number of rotatable bonds is 5. The van der Waals surface area contributed by atoms with Crippen LogP contribution < -0.4 is 4.90 Å². The van der Waals surface area contributed by atoms with Crippen molar-refractivity contribution in [3.63, 3.8) is 0 Å². The third-order valence-corrected chi connectivity index (χ3v) is 2.91. The van der Waals surface area contributed by atoms with Crippen LogP contribution in [0.5, 0.6) is 0 Å². The summed E-state index contributed by atoms with van der Waals surface area (Å²) in [5, 5.41) is 0. The van der Waals surface area contributed by atoms with Crippen LogP contribution in [0.4, 0.5) is 5.69 Å². The average Bonchev–Trinajstić information content (AvgIpc) is 2.41. The first kappa shape index (κ1) is 11.6. The number of aryl methyl sites for hydroxylation is 1. The summed E-state index contributed by atoms with van der Waals surface area (Å²) in [5.41, 5.74) is 2.64. The number of hydrogen-bond donors (Lipinski definition) is 0. The molecule has 2 aromatic rings. The summed E-state index contributed by atoms with van der Waals surface area (Å²) < 4.78 is 0. The van der Waals surface area contributed by atoms with Crippen LogP contribution in [0, 0.1) is 0 Å². The lowest BCUT2D eigenvalue weighted by Crippen LogP contribution is -2.18. The average molecular weight is 226 g/mol. The lowest BCUT2D eigenvalue weighted by Gasteiger charge is -2.18. The molecule has 2 nitrogen and oxygen atoms in total. The van der Waals surface area contributed by atoms with E-state index < -0.39 is 0 Å². The van der Waals surface area contributed by atoms with E-state index in [1.807, 2.05) is 24.5 Å². The van der Waals surface area contributed by atoms with Crippen molar-refractivity contribution in [2.24, 2.45) is 0 Å². The number of pyridine rings is 1. The monoisotopic (exact) mass is 226 g/mol. The Hall–Kier alpha value is -1.83. The van der Waals surface area contributed by atoms with Gasteiger partial charge in [-0.2, -0.15) is 0 Å². The van der Waals surface area contributed by atoms with Crippen molar-refractivity contribution in [3.05, 3.63) is 60.4 Å². The van der Waals surface area contributed by atoms with Gasteiger partial charge in [0.2, 0.25) is 0 Å². The third kappa shape index (κ3) is 3.59. The van der Waals surface area contributed by atoms with E-state index in [1.54, 1.807) is 0 Å². The van der Waals surface area contributed by atoms with E-state index >= 15 is 0 Å². The van der Waals surface area contributed by atoms with Gasteiger partial charge < -0.3 is 4.90 Å². The van der Waals surface area contributed by atoms with E-state index in [4.69, 9.17) is 0 Å². The Labute approximate surface area is 103 Å². The lowest BCUT2D eigenvalue weighted by molar-refractivity contribution is 0.785. The molecule has 0 spiro atoms. The minimum absolute atomic E-state index is 1.07. The highest BCUT2D eigenvalue weighted by Gasteiger charge is 1.99. The molecule has 0 aliphatic carbocycles. The smallest absolute Gasteiger partial charge is 0.0394 e. The normalized spacial score (nSPS) is 10.2. The first-order valence-electron chi connectivity index (χ1n) is 6.01. The number of hydrogen-bond acceptors (Lipinski definition) is 2. The third-order valence-electron chi connectivity index (χ3n) is 2.91. The Balaban J connectivity index is 1.79. The summed E-state index contributed by atoms with van der Waals surface area (Å²) in [6.07, 6.45) is 5.98. The molecule has 0 aliphatic heterocycles. The molecule has 0 bridgehead atoms. The molecule has 2 rings (SSSR count). The summed E-state index contributed by atoms with van der Waals surface area (Å²) >= 11 is 0. The fraction of sp³-hybridized carbons (Fsp3) is 0.267. The molecule has 0 aliphatic rings. The van der Waals surface area contributed by atoms with E-state index in [0.717, 1.165) is 13.0 Å². The fourth-order valence-electron chi connectivity index (χ4n) is 1.89. The van der Waals surface area contributed by atoms with Gasteiger partial charge in [0.25, 0.3) is 0 Å². The Kier molecular flexibility index (Phi) is 4.14. The predicted molar refractivity (Wildman–Crippen MR) is 72.3 cm³/mol. The van der Waals surface area contributed by atoms with Gasteiger partial charge >= 0.3 is 0 Å². The highest BCUT2D eigenvalue weighted by Crippen LogP contribution is 2.11. The summed E-state index contributed by atoms with van der Waals surface area (Å²) in [5.74, 6) is 0. The molecule has 0 unspecified atom stereocenters. The van der Waals surface area contributed by atoms with Crippen molar-refractivity contribution in [1.82, 2.24) is 4.98 Å². The Morgan fingerprint density at radius 1 is 1.00 bits per heavy atom. The maximum atomic E-state index is 4.03. The van der Waals surface area contributed by atoms with Crippen LogP contribution >= 0.6 is 0 Å². The minimum Gasteiger partial charge on any atom is -0.374 e. The molecule has 2 heteroatoms. The van der Waals surface area contributed by atoms with Crippen molar-refractivity contribution in [2.75, 3.05) is 18.5 Å². The van der Waals surface area contributed by atoms with E-state index in [9.17, 15) is 0 Å². The predicted octanol–water partition coefficient (Wildman–Crippen LogP) is 3.15. The quantitative estimate of drug-likeness (QED) is 0.778. The number of benzene rings is 1. The van der Waals surface area contributed by atoms with Gasteiger partial charge in [-0.3, -0.25) is 4.98 Å². The van der Waals surface area contributed by atoms with Crippen molar-refractivity contribution < 1.29 is 0 Å². The molecule has 1 heterocycles. The van der Waals surface area contributed by atoms with E-state index in [0.29, 0.717) is 0 Å². The first-order chi connectivity index (χ1) is 8.36. The summed E-state index contributed by atoms with van der Waals surface area (Å²) in [6, 6.07) is 14.7. The molecule has 0 fully saturated rings. The summed E-state index contributed by atoms with van der Waals surface area (Å²) in [6.45, 7) is 1.07. The summed E-state index contributed by atoms with van der Waals surface area (Å²) in [4.78, 5) is 6.30. The van der Waals surface area contributed by atoms with Gasteiger partial charge in [-0.25, -0.2) is 0 Å². The maximum absolute atomic E-state index is 4.03. The van der Waals surface area contributed by atoms with Crippen molar-refractivity contribution in [2.45, 2.75) is 12.8 Å². The van der Waals surface area contributed by atoms with Gasteiger partial charge in [-0.1, -0.05) is 30.3 Å². The van der Waals surface area contributed by atoms with Gasteiger partial charge in [0.05, 0.1) is 0 Å². The SMILES string of the molecule is CN(CCCc1ccccc1)c1ccncc1. The molecular formula is C15H18N2. The first-order valence-corrected chi connectivity index (χ1v) is 6.01. The maximum Gasteiger partial charge on any atom is 0.0394 e. The van der Waals surface area contributed by atoms with Gasteiger partial charge in [0.1, 0.15) is 0 Å². The molecule has 0 saturated carbocycles. The molecule has 0 N–H and O–H groups in total. The van der Waals surface area contributed by atoms with Crippen molar-refractivity contribution >= 4 is 5.69 Å². The Bertz CT molecular complexity index is 425. The molecule has 0 amide bonds. The van der Waals surface area contributed by atoms with Gasteiger partial charge in [-0.05, 0) is 30.5 Å². The zero-order valence-corrected chi connectivity index (χ0v) is 10.2. The van der Waals surface area contributed by atoms with E-state index in [2.05, 4.69) is 47.3 Å². The molecule has 17 heavy (non-hydrogen) atoms. The second-order valence-electron chi connectivity index (χ2n) is 4.22. The van der Waals surface area contributed by atoms with Gasteiger partial charge in [0.15, 0.2) is 0 Å². The van der Waals surface area contributed by atoms with Crippen molar-refractivity contribution in [3.8, 4) is 0 Å². The highest BCUT2D eigenvalue weighted by molar-refractivity contribution is 5.43. The summed E-state index contributed by atoms with van der Waals surface area (Å²) in [7, 11) is 2.13. The van der Waals surface area contributed by atoms with Crippen molar-refractivity contribution in [1.29, 1.82) is 0 Å². The van der Waals surface area contributed by atoms with Crippen LogP contribution in [0.3, 0.4) is 0 Å². The van der Waals surface area contributed by atoms with Crippen LogP contribution in [-0.2, 0) is 6.42 Å². The van der Waals surface area contributed by atoms with Gasteiger partial charge in [0, 0.05) is 31.7 Å². The molecule has 88 valence electrons. The number of nitrogens with zero attached hydrogens (tertiary/aromatic N) is 2. The van der Waals surface area contributed by atoms with Crippen LogP contribution in [0.25, 0.3) is 0 Å². The minimum atomic E-state index is 1.07. The second kappa shape index (κ2) is 6.04. The lowest BCUT2D eigenvalue weighted by atomic mass is 10.1. The zero-order chi connectivity index (χ0) is 11.9. The topological polar surface area (TPSA) is 16.1 Å². The highest BCUT2D eigenvalue weighted by atomic mass is 15.1. The van der Waals surface area contributed by atoms with Crippen LogP contribution in [0.2, 0.25) is 0 Å². The molecule has 0 atom stereocenters. The molecule has 1 aromatic heterocycles. The van der Waals surface area contributed by atoms with Crippen LogP contribution in [0.15, 0.2) is 54.9 Å². The number of aromatic nitrogens is 1. The zero-order valence-electron chi connectivity index (χ0n) is 10.2. The molecule has 0 saturated heterocycles. The van der Waals surface area contributed by atoms with E-state index in [1.165, 1.54) is 17.7 Å². The second-order valence-corrected chi connectivity index (χ2v) is 4.22. The van der Waals surface area contributed by atoms with Crippen LogP contribution in [-0.4, -0.2) is 18.6 Å². The largest absolute Gasteiger partial charge is 0.374 e. The number of anilines is 1.